The van der Waals surface area contributed by atoms with Crippen molar-refractivity contribution in [1.29, 1.82) is 0 Å². The van der Waals surface area contributed by atoms with Gasteiger partial charge in [-0.05, 0) is 25.0 Å². The molecule has 0 saturated carbocycles. The van der Waals surface area contributed by atoms with Crippen molar-refractivity contribution in [2.75, 3.05) is 49.1 Å². The summed E-state index contributed by atoms with van der Waals surface area (Å²) < 4.78 is 3.02. The normalized spacial score (nSPS) is 18.6. The molecule has 0 aliphatic carbocycles. The maximum Gasteiger partial charge on any atom is 0.233 e. The van der Waals surface area contributed by atoms with Gasteiger partial charge in [-0.25, -0.2) is 4.85 Å². The van der Waals surface area contributed by atoms with E-state index in [2.05, 4.69) is 58.2 Å². The first-order valence-electron chi connectivity index (χ1n) is 9.43. The van der Waals surface area contributed by atoms with Crippen molar-refractivity contribution in [2.24, 2.45) is 7.05 Å². The Labute approximate surface area is 168 Å². The number of rotatable bonds is 3. The first kappa shape index (κ1) is 18.3. The van der Waals surface area contributed by atoms with E-state index >= 15 is 0 Å². The summed E-state index contributed by atoms with van der Waals surface area (Å²) >= 11 is 3.70. The molecule has 2 fully saturated rings. The molecule has 1 aromatic heterocycles. The average Bonchev–Trinajstić information content (AvgIpc) is 3.14. The van der Waals surface area contributed by atoms with Crippen molar-refractivity contribution < 1.29 is 0 Å². The van der Waals surface area contributed by atoms with Crippen molar-refractivity contribution in [3.63, 3.8) is 0 Å². The molecule has 2 aliphatic rings. The monoisotopic (exact) mass is 429 g/mol. The van der Waals surface area contributed by atoms with Gasteiger partial charge in [-0.15, -0.1) is 10.2 Å². The quantitative estimate of drug-likeness (QED) is 0.760. The Bertz CT molecular complexity index is 842. The molecule has 4 rings (SSSR count). The summed E-state index contributed by atoms with van der Waals surface area (Å²) in [6.07, 6.45) is 3.81. The summed E-state index contributed by atoms with van der Waals surface area (Å²) in [6, 6.07) is 4.18. The number of halogens is 1. The smallest absolute Gasteiger partial charge is 0.233 e. The van der Waals surface area contributed by atoms with Crippen LogP contribution in [0, 0.1) is 6.57 Å². The molecule has 7 nitrogen and oxygen atoms in total. The summed E-state index contributed by atoms with van der Waals surface area (Å²) in [5, 5.41) is 11.7. The van der Waals surface area contributed by atoms with E-state index in [1.165, 1.54) is 0 Å². The Balaban J connectivity index is 1.58. The van der Waals surface area contributed by atoms with Crippen LogP contribution in [0.3, 0.4) is 0 Å². The minimum absolute atomic E-state index is 0.431. The Hall–Kier alpha value is -2.11. The predicted molar refractivity (Wildman–Crippen MR) is 111 cm³/mol. The molecule has 0 unspecified atom stereocenters. The lowest BCUT2D eigenvalue weighted by atomic mass is 9.95. The van der Waals surface area contributed by atoms with Gasteiger partial charge in [0, 0.05) is 62.4 Å². The SMILES string of the molecule is [C-]#[N+]c1c(N2CCNCC2)ccc(Br)c1N1CCC(c2nncn2C)CC1. The zero-order valence-corrected chi connectivity index (χ0v) is 17.1. The summed E-state index contributed by atoms with van der Waals surface area (Å²) in [7, 11) is 2.01. The fraction of sp³-hybridized carbons (Fsp3) is 0.526. The lowest BCUT2D eigenvalue weighted by Gasteiger charge is -2.36. The highest BCUT2D eigenvalue weighted by atomic mass is 79.9. The van der Waals surface area contributed by atoms with Gasteiger partial charge in [0.25, 0.3) is 0 Å². The van der Waals surface area contributed by atoms with Gasteiger partial charge >= 0.3 is 0 Å². The zero-order valence-electron chi connectivity index (χ0n) is 15.5. The third kappa shape index (κ3) is 3.54. The van der Waals surface area contributed by atoms with Gasteiger partial charge in [0.2, 0.25) is 5.69 Å². The number of anilines is 2. The van der Waals surface area contributed by atoms with Crippen LogP contribution in [-0.4, -0.2) is 54.0 Å². The average molecular weight is 430 g/mol. The fourth-order valence-corrected chi connectivity index (χ4v) is 4.71. The third-order valence-corrected chi connectivity index (χ3v) is 6.21. The lowest BCUT2D eigenvalue weighted by molar-refractivity contribution is 0.474. The van der Waals surface area contributed by atoms with Crippen LogP contribution in [0.1, 0.15) is 24.6 Å². The number of aromatic nitrogens is 3. The molecule has 3 heterocycles. The van der Waals surface area contributed by atoms with Gasteiger partial charge in [-0.2, -0.15) is 0 Å². The van der Waals surface area contributed by atoms with E-state index in [1.807, 2.05) is 11.6 Å². The first-order valence-corrected chi connectivity index (χ1v) is 10.2. The molecule has 2 aliphatic heterocycles. The van der Waals surface area contributed by atoms with Gasteiger partial charge in [0.05, 0.1) is 12.3 Å². The van der Waals surface area contributed by atoms with Crippen LogP contribution in [-0.2, 0) is 7.05 Å². The van der Waals surface area contributed by atoms with Crippen LogP contribution >= 0.6 is 15.9 Å². The van der Waals surface area contributed by atoms with Gasteiger partial charge in [-0.1, -0.05) is 15.9 Å². The fourth-order valence-electron chi connectivity index (χ4n) is 4.14. The Morgan fingerprint density at radius 1 is 1.15 bits per heavy atom. The van der Waals surface area contributed by atoms with Crippen molar-refractivity contribution >= 4 is 33.0 Å². The number of nitrogens with one attached hydrogen (secondary N) is 1. The summed E-state index contributed by atoms with van der Waals surface area (Å²) in [5.74, 6) is 1.49. The lowest BCUT2D eigenvalue weighted by Crippen LogP contribution is -2.43. The van der Waals surface area contributed by atoms with E-state index in [-0.39, 0.29) is 0 Å². The van der Waals surface area contributed by atoms with Gasteiger partial charge < -0.3 is 19.7 Å². The first-order chi connectivity index (χ1) is 13.2. The largest absolute Gasteiger partial charge is 0.379 e. The molecular formula is C19H24BrN7. The second-order valence-corrected chi connectivity index (χ2v) is 8.03. The summed E-state index contributed by atoms with van der Waals surface area (Å²) in [4.78, 5) is 8.64. The highest BCUT2D eigenvalue weighted by molar-refractivity contribution is 9.10. The van der Waals surface area contributed by atoms with Crippen LogP contribution in [0.15, 0.2) is 22.9 Å². The summed E-state index contributed by atoms with van der Waals surface area (Å²) in [6.45, 7) is 13.5. The number of piperazine rings is 1. The Morgan fingerprint density at radius 2 is 1.89 bits per heavy atom. The molecule has 142 valence electrons. The van der Waals surface area contributed by atoms with E-state index in [0.29, 0.717) is 5.92 Å². The molecular weight excluding hydrogens is 406 g/mol. The Kier molecular flexibility index (Phi) is 5.32. The molecule has 0 atom stereocenters. The van der Waals surface area contributed by atoms with Crippen LogP contribution in [0.25, 0.3) is 4.85 Å². The third-order valence-electron chi connectivity index (χ3n) is 5.57. The van der Waals surface area contributed by atoms with Crippen LogP contribution < -0.4 is 15.1 Å². The highest BCUT2D eigenvalue weighted by Gasteiger charge is 2.28. The molecule has 0 bridgehead atoms. The molecule has 0 amide bonds. The van der Waals surface area contributed by atoms with Gasteiger partial charge in [-0.3, -0.25) is 0 Å². The second kappa shape index (κ2) is 7.87. The van der Waals surface area contributed by atoms with Crippen molar-refractivity contribution in [1.82, 2.24) is 20.1 Å². The molecule has 1 aromatic carbocycles. The standard InChI is InChI=1S/C19H24BrN7/c1-21-17-16(26-11-7-22-8-12-26)4-3-15(20)18(17)27-9-5-14(6-10-27)19-24-23-13-25(19)2/h3-4,13-14,22H,5-12H2,2H3. The van der Waals surface area contributed by atoms with Crippen molar-refractivity contribution in [3.8, 4) is 0 Å². The van der Waals surface area contributed by atoms with E-state index < -0.39 is 0 Å². The van der Waals surface area contributed by atoms with Gasteiger partial charge in [0.1, 0.15) is 12.2 Å². The molecule has 1 N–H and O–H groups in total. The molecule has 0 radical (unpaired) electrons. The van der Waals surface area contributed by atoms with Crippen molar-refractivity contribution in [2.45, 2.75) is 18.8 Å². The predicted octanol–water partition coefficient (Wildman–Crippen LogP) is 2.92. The zero-order chi connectivity index (χ0) is 18.8. The summed E-state index contributed by atoms with van der Waals surface area (Å²) in [5.41, 5.74) is 2.86. The van der Waals surface area contributed by atoms with Crippen molar-refractivity contribution in [3.05, 3.63) is 40.2 Å². The molecule has 2 saturated heterocycles. The number of aryl methyl sites for hydroxylation is 1. The van der Waals surface area contributed by atoms with E-state index in [1.54, 1.807) is 6.33 Å². The molecule has 27 heavy (non-hydrogen) atoms. The second-order valence-electron chi connectivity index (χ2n) is 7.17. The number of nitrogens with zero attached hydrogens (tertiary/aromatic N) is 6. The molecule has 0 spiro atoms. The van der Waals surface area contributed by atoms with Crippen LogP contribution in [0.2, 0.25) is 0 Å². The van der Waals surface area contributed by atoms with Gasteiger partial charge in [0.15, 0.2) is 0 Å². The number of hydrogen-bond acceptors (Lipinski definition) is 5. The van der Waals surface area contributed by atoms with Crippen LogP contribution in [0.4, 0.5) is 17.1 Å². The highest BCUT2D eigenvalue weighted by Crippen LogP contribution is 2.45. The minimum atomic E-state index is 0.431. The van der Waals surface area contributed by atoms with E-state index in [4.69, 9.17) is 6.57 Å². The molecule has 8 heteroatoms. The maximum absolute atomic E-state index is 7.85. The topological polar surface area (TPSA) is 53.6 Å². The number of hydrogen-bond donors (Lipinski definition) is 1. The maximum atomic E-state index is 7.85. The minimum Gasteiger partial charge on any atom is -0.379 e. The van der Waals surface area contributed by atoms with E-state index in [0.717, 1.165) is 79.5 Å². The van der Waals surface area contributed by atoms with E-state index in [9.17, 15) is 0 Å². The molecule has 2 aromatic rings. The van der Waals surface area contributed by atoms with Crippen LogP contribution in [0.5, 0.6) is 0 Å². The number of benzene rings is 1. The number of piperidine rings is 1. The Morgan fingerprint density at radius 3 is 2.52 bits per heavy atom.